The van der Waals surface area contributed by atoms with Gasteiger partial charge >= 0.3 is 0 Å². The summed E-state index contributed by atoms with van der Waals surface area (Å²) in [5.74, 6) is 0. The monoisotopic (exact) mass is 214 g/mol. The maximum absolute atomic E-state index is 10.1. The Morgan fingerprint density at radius 1 is 1.40 bits per heavy atom. The fraction of sp³-hybridized carbons (Fsp3) is 0.846. The molecular formula is C13H26O2. The van der Waals surface area contributed by atoms with Crippen molar-refractivity contribution < 1.29 is 9.84 Å². The first-order chi connectivity index (χ1) is 6.79. The van der Waals surface area contributed by atoms with E-state index in [1.165, 1.54) is 0 Å². The highest BCUT2D eigenvalue weighted by atomic mass is 16.5. The molecule has 0 bridgehead atoms. The molecule has 1 N–H and O–H groups in total. The van der Waals surface area contributed by atoms with Crippen molar-refractivity contribution in [1.29, 1.82) is 0 Å². The van der Waals surface area contributed by atoms with Crippen LogP contribution in [0.3, 0.4) is 0 Å². The van der Waals surface area contributed by atoms with Gasteiger partial charge in [-0.3, -0.25) is 0 Å². The minimum absolute atomic E-state index is 0.0233. The molecule has 0 radical (unpaired) electrons. The lowest BCUT2D eigenvalue weighted by molar-refractivity contribution is -0.0900. The van der Waals surface area contributed by atoms with Gasteiger partial charge in [0.2, 0.25) is 0 Å². The van der Waals surface area contributed by atoms with E-state index in [0.717, 1.165) is 18.4 Å². The second-order valence-corrected chi connectivity index (χ2v) is 5.31. The highest BCUT2D eigenvalue weighted by Gasteiger charge is 2.31. The van der Waals surface area contributed by atoms with Crippen LogP contribution in [0, 0.1) is 5.41 Å². The molecule has 0 aliphatic rings. The van der Waals surface area contributed by atoms with E-state index in [0.29, 0.717) is 6.61 Å². The minimum atomic E-state index is -0.401. The molecular weight excluding hydrogens is 188 g/mol. The van der Waals surface area contributed by atoms with Gasteiger partial charge in [-0.25, -0.2) is 0 Å². The third-order valence-corrected chi connectivity index (χ3v) is 2.42. The topological polar surface area (TPSA) is 29.5 Å². The van der Waals surface area contributed by atoms with E-state index in [9.17, 15) is 5.11 Å². The van der Waals surface area contributed by atoms with Crippen LogP contribution in [0.1, 0.15) is 47.5 Å². The van der Waals surface area contributed by atoms with Crippen molar-refractivity contribution in [2.75, 3.05) is 6.61 Å². The number of aliphatic hydroxyl groups excluding tert-OH is 1. The summed E-state index contributed by atoms with van der Waals surface area (Å²) in [6.45, 7) is 14.7. The van der Waals surface area contributed by atoms with Gasteiger partial charge in [-0.2, -0.15) is 0 Å². The molecule has 2 atom stereocenters. The standard InChI is InChI=1S/C13H26O2/c1-7-15-12(13(4,5)6)11(14)9-8-10(2)3/h11-12,14H,2,7-9H2,1,3-6H3. The number of allylic oxidation sites excluding steroid dienone is 1. The Bertz CT molecular complexity index is 191. The molecule has 15 heavy (non-hydrogen) atoms. The van der Waals surface area contributed by atoms with E-state index in [2.05, 4.69) is 27.4 Å². The molecule has 0 aromatic carbocycles. The van der Waals surface area contributed by atoms with Gasteiger partial charge in [-0.1, -0.05) is 26.3 Å². The Labute approximate surface area is 94.3 Å². The lowest BCUT2D eigenvalue weighted by Gasteiger charge is -2.34. The van der Waals surface area contributed by atoms with Crippen LogP contribution in [0.2, 0.25) is 0 Å². The van der Waals surface area contributed by atoms with Gasteiger partial charge in [0.25, 0.3) is 0 Å². The summed E-state index contributed by atoms with van der Waals surface area (Å²) < 4.78 is 5.62. The molecule has 0 amide bonds. The molecule has 0 heterocycles. The van der Waals surface area contributed by atoms with E-state index < -0.39 is 6.10 Å². The summed E-state index contributed by atoms with van der Waals surface area (Å²) in [5.41, 5.74) is 1.09. The summed E-state index contributed by atoms with van der Waals surface area (Å²) >= 11 is 0. The zero-order valence-electron chi connectivity index (χ0n) is 10.8. The Balaban J connectivity index is 4.29. The predicted molar refractivity (Wildman–Crippen MR) is 64.9 cm³/mol. The molecule has 0 rings (SSSR count). The second kappa shape index (κ2) is 6.29. The zero-order chi connectivity index (χ0) is 12.1. The summed E-state index contributed by atoms with van der Waals surface area (Å²) in [7, 11) is 0. The number of hydrogen-bond acceptors (Lipinski definition) is 2. The number of hydrogen-bond donors (Lipinski definition) is 1. The smallest absolute Gasteiger partial charge is 0.0881 e. The Hall–Kier alpha value is -0.340. The summed E-state index contributed by atoms with van der Waals surface area (Å²) in [5, 5.41) is 10.1. The van der Waals surface area contributed by atoms with Crippen LogP contribution in [0.15, 0.2) is 12.2 Å². The fourth-order valence-corrected chi connectivity index (χ4v) is 1.66. The molecule has 2 heteroatoms. The van der Waals surface area contributed by atoms with Crippen molar-refractivity contribution in [1.82, 2.24) is 0 Å². The van der Waals surface area contributed by atoms with Crippen LogP contribution in [0.5, 0.6) is 0 Å². The summed E-state index contributed by atoms with van der Waals surface area (Å²) in [4.78, 5) is 0. The molecule has 0 spiro atoms. The first kappa shape index (κ1) is 14.7. The Morgan fingerprint density at radius 3 is 2.27 bits per heavy atom. The zero-order valence-corrected chi connectivity index (χ0v) is 10.8. The molecule has 90 valence electrons. The van der Waals surface area contributed by atoms with E-state index in [1.54, 1.807) is 0 Å². The van der Waals surface area contributed by atoms with Crippen LogP contribution < -0.4 is 0 Å². The van der Waals surface area contributed by atoms with Crippen molar-refractivity contribution in [3.05, 3.63) is 12.2 Å². The summed E-state index contributed by atoms with van der Waals surface area (Å²) in [6.07, 6.45) is 1.10. The van der Waals surface area contributed by atoms with E-state index >= 15 is 0 Å². The Morgan fingerprint density at radius 2 is 1.93 bits per heavy atom. The first-order valence-corrected chi connectivity index (χ1v) is 5.73. The number of rotatable bonds is 6. The molecule has 0 aliphatic heterocycles. The Kier molecular flexibility index (Phi) is 6.15. The van der Waals surface area contributed by atoms with Crippen molar-refractivity contribution in [3.8, 4) is 0 Å². The molecule has 0 fully saturated rings. The van der Waals surface area contributed by atoms with Crippen molar-refractivity contribution >= 4 is 0 Å². The number of ether oxygens (including phenoxy) is 1. The van der Waals surface area contributed by atoms with Crippen LogP contribution in [-0.2, 0) is 4.74 Å². The molecule has 0 saturated carbocycles. The van der Waals surface area contributed by atoms with Crippen LogP contribution in [0.25, 0.3) is 0 Å². The lowest BCUT2D eigenvalue weighted by atomic mass is 9.84. The molecule has 0 aliphatic carbocycles. The van der Waals surface area contributed by atoms with Crippen molar-refractivity contribution in [2.45, 2.75) is 59.7 Å². The fourth-order valence-electron chi connectivity index (χ4n) is 1.66. The van der Waals surface area contributed by atoms with Crippen LogP contribution in [-0.4, -0.2) is 23.9 Å². The maximum Gasteiger partial charge on any atom is 0.0881 e. The van der Waals surface area contributed by atoms with Gasteiger partial charge in [0, 0.05) is 6.61 Å². The average molecular weight is 214 g/mol. The van der Waals surface area contributed by atoms with Gasteiger partial charge in [0.15, 0.2) is 0 Å². The van der Waals surface area contributed by atoms with Crippen LogP contribution >= 0.6 is 0 Å². The minimum Gasteiger partial charge on any atom is -0.390 e. The third kappa shape index (κ3) is 5.95. The van der Waals surface area contributed by atoms with Gasteiger partial charge in [-0.15, -0.1) is 6.58 Å². The molecule has 0 aromatic heterocycles. The maximum atomic E-state index is 10.1. The van der Waals surface area contributed by atoms with E-state index in [4.69, 9.17) is 4.74 Å². The van der Waals surface area contributed by atoms with E-state index in [1.807, 2.05) is 13.8 Å². The first-order valence-electron chi connectivity index (χ1n) is 5.73. The lowest BCUT2D eigenvalue weighted by Crippen LogP contribution is -2.40. The second-order valence-electron chi connectivity index (χ2n) is 5.31. The molecule has 2 unspecified atom stereocenters. The van der Waals surface area contributed by atoms with Crippen molar-refractivity contribution in [3.63, 3.8) is 0 Å². The van der Waals surface area contributed by atoms with Crippen LogP contribution in [0.4, 0.5) is 0 Å². The van der Waals surface area contributed by atoms with Gasteiger partial charge < -0.3 is 9.84 Å². The SMILES string of the molecule is C=C(C)CCC(O)C(OCC)C(C)(C)C. The summed E-state index contributed by atoms with van der Waals surface area (Å²) in [6, 6.07) is 0. The van der Waals surface area contributed by atoms with E-state index in [-0.39, 0.29) is 11.5 Å². The van der Waals surface area contributed by atoms with Gasteiger partial charge in [0.05, 0.1) is 12.2 Å². The van der Waals surface area contributed by atoms with Gasteiger partial charge in [0.1, 0.15) is 0 Å². The largest absolute Gasteiger partial charge is 0.390 e. The molecule has 2 nitrogen and oxygen atoms in total. The average Bonchev–Trinajstić information content (AvgIpc) is 2.08. The number of aliphatic hydroxyl groups is 1. The highest BCUT2D eigenvalue weighted by molar-refractivity contribution is 4.90. The molecule has 0 aromatic rings. The van der Waals surface area contributed by atoms with Gasteiger partial charge in [-0.05, 0) is 32.1 Å². The molecule has 0 saturated heterocycles. The predicted octanol–water partition coefficient (Wildman–Crippen LogP) is 3.15. The quantitative estimate of drug-likeness (QED) is 0.688. The highest BCUT2D eigenvalue weighted by Crippen LogP contribution is 2.27. The third-order valence-electron chi connectivity index (χ3n) is 2.42. The van der Waals surface area contributed by atoms with Crippen molar-refractivity contribution in [2.24, 2.45) is 5.41 Å². The normalized spacial score (nSPS) is 16.1.